The molecule has 3 atom stereocenters. The Kier molecular flexibility index (Phi) is 3.52. The van der Waals surface area contributed by atoms with E-state index < -0.39 is 10.8 Å². The van der Waals surface area contributed by atoms with Crippen molar-refractivity contribution in [1.29, 1.82) is 0 Å². The van der Waals surface area contributed by atoms with Gasteiger partial charge in [0.1, 0.15) is 0 Å². The highest BCUT2D eigenvalue weighted by Gasteiger charge is 2.19. The molecule has 0 aromatic heterocycles. The van der Waals surface area contributed by atoms with Crippen LogP contribution in [0.25, 0.3) is 0 Å². The van der Waals surface area contributed by atoms with Crippen molar-refractivity contribution in [3.05, 3.63) is 0 Å². The normalized spacial score (nSPS) is 40.0. The topological polar surface area (TPSA) is 29.1 Å². The lowest BCUT2D eigenvalue weighted by Gasteiger charge is -2.11. The molecule has 1 fully saturated rings. The molecule has 3 heteroatoms. The van der Waals surface area contributed by atoms with Crippen molar-refractivity contribution >= 4 is 10.8 Å². The molecule has 0 saturated carbocycles. The van der Waals surface area contributed by atoms with Gasteiger partial charge in [0, 0.05) is 34.4 Å². The van der Waals surface area contributed by atoms with E-state index in [2.05, 4.69) is 19.2 Å². The molecule has 0 aliphatic carbocycles. The van der Waals surface area contributed by atoms with E-state index in [1.165, 1.54) is 0 Å². The van der Waals surface area contributed by atoms with Crippen LogP contribution in [-0.2, 0) is 10.8 Å². The lowest BCUT2D eigenvalue weighted by Crippen LogP contribution is -2.31. The summed E-state index contributed by atoms with van der Waals surface area (Å²) in [6.45, 7) is 5.21. The molecular weight excluding hydrogens is 158 g/mol. The first kappa shape index (κ1) is 9.20. The van der Waals surface area contributed by atoms with Crippen molar-refractivity contribution in [2.45, 2.75) is 38.0 Å². The van der Waals surface area contributed by atoms with Gasteiger partial charge in [-0.3, -0.25) is 4.21 Å². The lowest BCUT2D eigenvalue weighted by atomic mass is 10.2. The summed E-state index contributed by atoms with van der Waals surface area (Å²) in [5.74, 6) is 0.882. The maximum Gasteiger partial charge on any atom is 0.0470 e. The minimum absolute atomic E-state index is 0.389. The summed E-state index contributed by atoms with van der Waals surface area (Å²) in [6.07, 6.45) is 2.09. The van der Waals surface area contributed by atoms with E-state index >= 15 is 0 Å². The van der Waals surface area contributed by atoms with Crippen LogP contribution < -0.4 is 5.32 Å². The van der Waals surface area contributed by atoms with Gasteiger partial charge in [-0.25, -0.2) is 0 Å². The molecule has 0 radical (unpaired) electrons. The second kappa shape index (κ2) is 4.21. The third-order valence-corrected chi connectivity index (χ3v) is 4.15. The lowest BCUT2D eigenvalue weighted by molar-refractivity contribution is 0.541. The molecule has 3 unspecified atom stereocenters. The average Bonchev–Trinajstić information content (AvgIpc) is 2.15. The standard InChI is InChI=1S/C8H17NOS/c1-3-8-6-9-7(2)4-5-11(8)10/h7-9H,3-6H2,1-2H3. The Morgan fingerprint density at radius 2 is 2.36 bits per heavy atom. The highest BCUT2D eigenvalue weighted by atomic mass is 32.2. The van der Waals surface area contributed by atoms with Crippen LogP contribution in [0, 0.1) is 0 Å². The zero-order chi connectivity index (χ0) is 8.27. The van der Waals surface area contributed by atoms with Crippen molar-refractivity contribution in [3.63, 3.8) is 0 Å². The fraction of sp³-hybridized carbons (Fsp3) is 1.00. The Morgan fingerprint density at radius 1 is 1.64 bits per heavy atom. The number of hydrogen-bond donors (Lipinski definition) is 1. The summed E-state index contributed by atoms with van der Waals surface area (Å²) in [7, 11) is -0.579. The van der Waals surface area contributed by atoms with Crippen molar-refractivity contribution in [2.75, 3.05) is 12.3 Å². The SMILES string of the molecule is CCC1CNC(C)CCS1=O. The molecule has 1 aliphatic heterocycles. The minimum atomic E-state index is -0.579. The van der Waals surface area contributed by atoms with E-state index in [0.29, 0.717) is 11.3 Å². The molecule has 2 nitrogen and oxygen atoms in total. The second-order valence-electron chi connectivity index (χ2n) is 3.21. The zero-order valence-electron chi connectivity index (χ0n) is 7.30. The van der Waals surface area contributed by atoms with Gasteiger partial charge in [-0.05, 0) is 19.8 Å². The summed E-state index contributed by atoms with van der Waals surface area (Å²) in [5, 5.41) is 3.77. The van der Waals surface area contributed by atoms with Crippen LogP contribution in [0.1, 0.15) is 26.7 Å². The Morgan fingerprint density at radius 3 is 3.00 bits per heavy atom. The predicted molar refractivity (Wildman–Crippen MR) is 49.2 cm³/mol. The Balaban J connectivity index is 2.48. The van der Waals surface area contributed by atoms with Gasteiger partial charge in [-0.2, -0.15) is 0 Å². The molecule has 11 heavy (non-hydrogen) atoms. The van der Waals surface area contributed by atoms with E-state index in [0.717, 1.165) is 25.1 Å². The van der Waals surface area contributed by atoms with Gasteiger partial charge in [-0.1, -0.05) is 6.92 Å². The van der Waals surface area contributed by atoms with Crippen molar-refractivity contribution < 1.29 is 4.21 Å². The Hall–Kier alpha value is 0.110. The van der Waals surface area contributed by atoms with Crippen LogP contribution in [0.2, 0.25) is 0 Å². The fourth-order valence-corrected chi connectivity index (χ4v) is 2.89. The molecular formula is C8H17NOS. The largest absolute Gasteiger partial charge is 0.313 e. The van der Waals surface area contributed by atoms with Crippen LogP contribution in [0.5, 0.6) is 0 Å². The molecule has 0 aromatic rings. The maximum atomic E-state index is 11.5. The van der Waals surface area contributed by atoms with E-state index in [1.54, 1.807) is 0 Å². The van der Waals surface area contributed by atoms with Gasteiger partial charge in [0.15, 0.2) is 0 Å². The first-order chi connectivity index (χ1) is 5.24. The van der Waals surface area contributed by atoms with E-state index in [-0.39, 0.29) is 0 Å². The summed E-state index contributed by atoms with van der Waals surface area (Å²) in [6, 6.07) is 0.551. The van der Waals surface area contributed by atoms with Crippen molar-refractivity contribution in [1.82, 2.24) is 5.32 Å². The zero-order valence-corrected chi connectivity index (χ0v) is 8.12. The van der Waals surface area contributed by atoms with Crippen LogP contribution >= 0.6 is 0 Å². The predicted octanol–water partition coefficient (Wildman–Crippen LogP) is 0.896. The van der Waals surface area contributed by atoms with Gasteiger partial charge in [0.2, 0.25) is 0 Å². The van der Waals surface area contributed by atoms with Crippen LogP contribution in [0.4, 0.5) is 0 Å². The minimum Gasteiger partial charge on any atom is -0.313 e. The molecule has 1 N–H and O–H groups in total. The van der Waals surface area contributed by atoms with E-state index in [4.69, 9.17) is 0 Å². The van der Waals surface area contributed by atoms with E-state index in [1.807, 2.05) is 0 Å². The van der Waals surface area contributed by atoms with Crippen molar-refractivity contribution in [3.8, 4) is 0 Å². The number of hydrogen-bond acceptors (Lipinski definition) is 2. The summed E-state index contributed by atoms with van der Waals surface area (Å²) in [5.41, 5.74) is 0. The third kappa shape index (κ3) is 2.56. The first-order valence-corrected chi connectivity index (χ1v) is 5.72. The number of nitrogens with one attached hydrogen (secondary N) is 1. The molecule has 1 aliphatic rings. The molecule has 66 valence electrons. The number of rotatable bonds is 1. The quantitative estimate of drug-likeness (QED) is 0.641. The summed E-state index contributed by atoms with van der Waals surface area (Å²) >= 11 is 0. The molecule has 1 rings (SSSR count). The van der Waals surface area contributed by atoms with E-state index in [9.17, 15) is 4.21 Å². The van der Waals surface area contributed by atoms with Crippen LogP contribution in [-0.4, -0.2) is 27.8 Å². The van der Waals surface area contributed by atoms with Gasteiger partial charge in [0.05, 0.1) is 0 Å². The molecule has 0 bridgehead atoms. The van der Waals surface area contributed by atoms with Crippen LogP contribution in [0.3, 0.4) is 0 Å². The Bertz CT molecular complexity index is 149. The maximum absolute atomic E-state index is 11.5. The summed E-state index contributed by atoms with van der Waals surface area (Å²) < 4.78 is 11.5. The molecule has 0 spiro atoms. The molecule has 1 heterocycles. The highest BCUT2D eigenvalue weighted by Crippen LogP contribution is 2.08. The average molecular weight is 175 g/mol. The molecule has 0 amide bonds. The smallest absolute Gasteiger partial charge is 0.0470 e. The fourth-order valence-electron chi connectivity index (χ4n) is 1.32. The molecule has 0 aromatic carbocycles. The monoisotopic (exact) mass is 175 g/mol. The van der Waals surface area contributed by atoms with Crippen molar-refractivity contribution in [2.24, 2.45) is 0 Å². The van der Waals surface area contributed by atoms with Gasteiger partial charge in [-0.15, -0.1) is 0 Å². The Labute approximate surface area is 71.2 Å². The first-order valence-electron chi connectivity index (χ1n) is 4.34. The molecule has 1 saturated heterocycles. The second-order valence-corrected chi connectivity index (χ2v) is 5.05. The highest BCUT2D eigenvalue weighted by molar-refractivity contribution is 7.85. The van der Waals surface area contributed by atoms with Gasteiger partial charge < -0.3 is 5.32 Å². The van der Waals surface area contributed by atoms with Gasteiger partial charge >= 0.3 is 0 Å². The van der Waals surface area contributed by atoms with Crippen LogP contribution in [0.15, 0.2) is 0 Å². The third-order valence-electron chi connectivity index (χ3n) is 2.27. The summed E-state index contributed by atoms with van der Waals surface area (Å²) in [4.78, 5) is 0. The van der Waals surface area contributed by atoms with Gasteiger partial charge in [0.25, 0.3) is 0 Å².